The maximum Gasteiger partial charge on any atom is 0.417 e. The minimum absolute atomic E-state index is 0.170. The second-order valence-electron chi connectivity index (χ2n) is 5.32. The zero-order chi connectivity index (χ0) is 15.8. The van der Waals surface area contributed by atoms with Gasteiger partial charge in [-0.15, -0.1) is 0 Å². The number of carbonyl (C=O) groups is 2. The first-order valence-corrected chi connectivity index (χ1v) is 6.42. The number of carbonyl (C=O) groups excluding carboxylic acids is 2. The van der Waals surface area contributed by atoms with Crippen LogP contribution in [-0.2, 0) is 11.0 Å². The third-order valence-corrected chi connectivity index (χ3v) is 3.56. The molecular formula is C14H15F3N2O2. The Morgan fingerprint density at radius 3 is 2.52 bits per heavy atom. The number of nitrogens with zero attached hydrogens (tertiary/aromatic N) is 1. The lowest BCUT2D eigenvalue weighted by molar-refractivity contribution is -0.138. The highest BCUT2D eigenvalue weighted by molar-refractivity contribution is 6.00. The summed E-state index contributed by atoms with van der Waals surface area (Å²) in [6, 6.07) is 4.60. The van der Waals surface area contributed by atoms with Gasteiger partial charge in [-0.2, -0.15) is 13.2 Å². The summed E-state index contributed by atoms with van der Waals surface area (Å²) in [5.41, 5.74) is -2.61. The van der Waals surface area contributed by atoms with E-state index in [-0.39, 0.29) is 19.0 Å². The Bertz CT molecular complexity index is 582. The van der Waals surface area contributed by atoms with Crippen molar-refractivity contribution >= 4 is 11.8 Å². The fourth-order valence-electron chi connectivity index (χ4n) is 2.32. The van der Waals surface area contributed by atoms with Crippen LogP contribution in [0, 0.1) is 0 Å². The summed E-state index contributed by atoms with van der Waals surface area (Å²) in [5, 5.41) is 2.60. The molecule has 1 heterocycles. The lowest BCUT2D eigenvalue weighted by atomic mass is 9.96. The average molecular weight is 300 g/mol. The van der Waals surface area contributed by atoms with E-state index in [4.69, 9.17) is 0 Å². The van der Waals surface area contributed by atoms with Gasteiger partial charge >= 0.3 is 6.18 Å². The van der Waals surface area contributed by atoms with E-state index in [0.717, 1.165) is 12.1 Å². The summed E-state index contributed by atoms with van der Waals surface area (Å²) in [4.78, 5) is 25.5. The first-order valence-electron chi connectivity index (χ1n) is 6.42. The second kappa shape index (κ2) is 5.05. The fourth-order valence-corrected chi connectivity index (χ4v) is 2.32. The van der Waals surface area contributed by atoms with Crippen molar-refractivity contribution in [3.8, 4) is 0 Å². The van der Waals surface area contributed by atoms with Gasteiger partial charge in [0.15, 0.2) is 0 Å². The van der Waals surface area contributed by atoms with Gasteiger partial charge in [-0.25, -0.2) is 0 Å². The van der Waals surface area contributed by atoms with Gasteiger partial charge in [0.05, 0.1) is 11.1 Å². The lowest BCUT2D eigenvalue weighted by Gasteiger charge is -2.41. The van der Waals surface area contributed by atoms with Crippen LogP contribution in [0.5, 0.6) is 0 Å². The van der Waals surface area contributed by atoms with Crippen molar-refractivity contribution in [2.75, 3.05) is 13.1 Å². The number of halogens is 3. The number of piperazine rings is 1. The summed E-state index contributed by atoms with van der Waals surface area (Å²) < 4.78 is 39.0. The highest BCUT2D eigenvalue weighted by Gasteiger charge is 2.43. The van der Waals surface area contributed by atoms with E-state index in [2.05, 4.69) is 5.32 Å². The molecule has 114 valence electrons. The Balaban J connectivity index is 2.44. The molecule has 0 unspecified atom stereocenters. The minimum Gasteiger partial charge on any atom is -0.352 e. The molecular weight excluding hydrogens is 285 g/mol. The van der Waals surface area contributed by atoms with E-state index < -0.39 is 28.7 Å². The van der Waals surface area contributed by atoms with Crippen LogP contribution in [0.3, 0.4) is 0 Å². The van der Waals surface area contributed by atoms with E-state index >= 15 is 0 Å². The van der Waals surface area contributed by atoms with Crippen LogP contribution in [0.1, 0.15) is 29.8 Å². The molecule has 1 aliphatic heterocycles. The topological polar surface area (TPSA) is 49.4 Å². The van der Waals surface area contributed by atoms with Gasteiger partial charge < -0.3 is 10.2 Å². The van der Waals surface area contributed by atoms with Crippen molar-refractivity contribution < 1.29 is 22.8 Å². The molecule has 0 radical (unpaired) electrons. The molecule has 0 aromatic heterocycles. The summed E-state index contributed by atoms with van der Waals surface area (Å²) >= 11 is 0. The Morgan fingerprint density at radius 2 is 1.90 bits per heavy atom. The van der Waals surface area contributed by atoms with E-state index in [9.17, 15) is 22.8 Å². The van der Waals surface area contributed by atoms with Gasteiger partial charge in [-0.05, 0) is 26.0 Å². The zero-order valence-corrected chi connectivity index (χ0v) is 11.6. The van der Waals surface area contributed by atoms with Crippen LogP contribution < -0.4 is 5.32 Å². The van der Waals surface area contributed by atoms with Crippen LogP contribution in [0.4, 0.5) is 13.2 Å². The molecule has 1 aromatic carbocycles. The first-order chi connectivity index (χ1) is 9.65. The standard InChI is InChI=1S/C14H15F3N2O2/c1-13(2)12(21)18-7-8-19(13)11(20)9-5-3-4-6-10(9)14(15,16)17/h3-6H,7-8H2,1-2H3,(H,18,21). The normalized spacial score (nSPS) is 18.3. The third kappa shape index (κ3) is 2.72. The summed E-state index contributed by atoms with van der Waals surface area (Å²) in [6.45, 7) is 3.41. The van der Waals surface area contributed by atoms with Crippen LogP contribution in [0.15, 0.2) is 24.3 Å². The Morgan fingerprint density at radius 1 is 1.29 bits per heavy atom. The molecule has 1 fully saturated rings. The molecule has 1 N–H and O–H groups in total. The summed E-state index contributed by atoms with van der Waals surface area (Å²) in [7, 11) is 0. The van der Waals surface area contributed by atoms with Gasteiger partial charge in [0, 0.05) is 13.1 Å². The molecule has 1 saturated heterocycles. The molecule has 7 heteroatoms. The van der Waals surface area contributed by atoms with Crippen molar-refractivity contribution in [2.24, 2.45) is 0 Å². The van der Waals surface area contributed by atoms with E-state index in [1.54, 1.807) is 0 Å². The molecule has 0 aliphatic carbocycles. The van der Waals surface area contributed by atoms with Gasteiger partial charge in [0.2, 0.25) is 5.91 Å². The zero-order valence-electron chi connectivity index (χ0n) is 11.6. The average Bonchev–Trinajstić information content (AvgIpc) is 2.40. The van der Waals surface area contributed by atoms with E-state index in [1.807, 2.05) is 0 Å². The van der Waals surface area contributed by atoms with Gasteiger partial charge in [0.25, 0.3) is 5.91 Å². The van der Waals surface area contributed by atoms with E-state index in [1.165, 1.54) is 30.9 Å². The lowest BCUT2D eigenvalue weighted by Crippen LogP contribution is -2.63. The van der Waals surface area contributed by atoms with Crippen LogP contribution >= 0.6 is 0 Å². The molecule has 2 rings (SSSR count). The molecule has 0 bridgehead atoms. The molecule has 4 nitrogen and oxygen atoms in total. The molecule has 0 atom stereocenters. The van der Waals surface area contributed by atoms with E-state index in [0.29, 0.717) is 0 Å². The fraction of sp³-hybridized carbons (Fsp3) is 0.429. The third-order valence-electron chi connectivity index (χ3n) is 3.56. The summed E-state index contributed by atoms with van der Waals surface area (Å²) in [5.74, 6) is -1.17. The quantitative estimate of drug-likeness (QED) is 0.863. The number of rotatable bonds is 1. The number of benzene rings is 1. The monoisotopic (exact) mass is 300 g/mol. The number of alkyl halides is 3. The van der Waals surface area contributed by atoms with Crippen LogP contribution in [-0.4, -0.2) is 35.3 Å². The van der Waals surface area contributed by atoms with Crippen molar-refractivity contribution in [3.05, 3.63) is 35.4 Å². The van der Waals surface area contributed by atoms with Gasteiger partial charge in [-0.1, -0.05) is 12.1 Å². The maximum atomic E-state index is 13.0. The number of hydrogen-bond acceptors (Lipinski definition) is 2. The molecule has 1 aliphatic rings. The highest BCUT2D eigenvalue weighted by atomic mass is 19.4. The van der Waals surface area contributed by atoms with Crippen molar-refractivity contribution in [1.82, 2.24) is 10.2 Å². The van der Waals surface area contributed by atoms with Crippen LogP contribution in [0.25, 0.3) is 0 Å². The smallest absolute Gasteiger partial charge is 0.352 e. The molecule has 2 amide bonds. The van der Waals surface area contributed by atoms with Crippen molar-refractivity contribution in [3.63, 3.8) is 0 Å². The molecule has 0 saturated carbocycles. The molecule has 1 aromatic rings. The Labute approximate surface area is 119 Å². The van der Waals surface area contributed by atoms with Gasteiger partial charge in [0.1, 0.15) is 5.54 Å². The highest BCUT2D eigenvalue weighted by Crippen LogP contribution is 2.33. The first kappa shape index (κ1) is 15.3. The second-order valence-corrected chi connectivity index (χ2v) is 5.32. The molecule has 0 spiro atoms. The maximum absolute atomic E-state index is 13.0. The SMILES string of the molecule is CC1(C)C(=O)NCCN1C(=O)c1ccccc1C(F)(F)F. The van der Waals surface area contributed by atoms with Crippen molar-refractivity contribution in [2.45, 2.75) is 25.6 Å². The largest absolute Gasteiger partial charge is 0.417 e. The number of nitrogens with one attached hydrogen (secondary N) is 1. The predicted molar refractivity (Wildman–Crippen MR) is 69.6 cm³/mol. The minimum atomic E-state index is -4.62. The number of amides is 2. The predicted octanol–water partition coefficient (Wildman–Crippen LogP) is 2.06. The summed E-state index contributed by atoms with van der Waals surface area (Å²) in [6.07, 6.45) is -4.62. The molecule has 21 heavy (non-hydrogen) atoms. The van der Waals surface area contributed by atoms with Crippen LogP contribution in [0.2, 0.25) is 0 Å². The van der Waals surface area contributed by atoms with Gasteiger partial charge in [-0.3, -0.25) is 9.59 Å². The Hall–Kier alpha value is -2.05. The number of hydrogen-bond donors (Lipinski definition) is 1. The Kier molecular flexibility index (Phi) is 3.69. The van der Waals surface area contributed by atoms with Crippen molar-refractivity contribution in [1.29, 1.82) is 0 Å².